The van der Waals surface area contributed by atoms with Gasteiger partial charge in [0.15, 0.2) is 11.5 Å². The lowest BCUT2D eigenvalue weighted by atomic mass is 10.00. The molecule has 5 heteroatoms. The summed E-state index contributed by atoms with van der Waals surface area (Å²) >= 11 is 0. The monoisotopic (exact) mass is 294 g/mol. The summed E-state index contributed by atoms with van der Waals surface area (Å²) in [4.78, 5) is 14.1. The number of amides is 1. The quantitative estimate of drug-likeness (QED) is 0.940. The Morgan fingerprint density at radius 2 is 1.91 bits per heavy atom. The molecule has 0 atom stereocenters. The van der Waals surface area contributed by atoms with Crippen molar-refractivity contribution in [3.05, 3.63) is 53.2 Å². The van der Waals surface area contributed by atoms with Crippen molar-refractivity contribution in [2.45, 2.75) is 31.8 Å². The number of fused-ring (bicyclic) bond motifs is 1. The first-order valence-corrected chi connectivity index (χ1v) is 7.76. The number of hydrogen-bond donors (Lipinski definition) is 1. The minimum atomic E-state index is -0.120. The van der Waals surface area contributed by atoms with E-state index in [1.165, 1.54) is 11.1 Å². The summed E-state index contributed by atoms with van der Waals surface area (Å²) in [5.41, 5.74) is 3.14. The Morgan fingerprint density at radius 1 is 1.09 bits per heavy atom. The average Bonchev–Trinajstić information content (AvgIpc) is 3.38. The summed E-state index contributed by atoms with van der Waals surface area (Å²) in [6.45, 7) is 1.78. The van der Waals surface area contributed by atoms with Crippen LogP contribution in [0.15, 0.2) is 36.4 Å². The first kappa shape index (κ1) is 13.2. The summed E-state index contributed by atoms with van der Waals surface area (Å²) in [6.07, 6.45) is 3.16. The molecule has 1 aromatic heterocycles. The second-order valence-corrected chi connectivity index (χ2v) is 5.96. The van der Waals surface area contributed by atoms with Gasteiger partial charge in [0.2, 0.25) is 0 Å². The summed E-state index contributed by atoms with van der Waals surface area (Å²) in [5, 5.41) is 11.3. The molecular formula is C17H18N4O. The van der Waals surface area contributed by atoms with Gasteiger partial charge in [0.25, 0.3) is 5.91 Å². The Balaban J connectivity index is 1.48. The molecule has 0 spiro atoms. The molecule has 0 unspecified atom stereocenters. The van der Waals surface area contributed by atoms with Gasteiger partial charge in [0.05, 0.1) is 0 Å². The third-order valence-corrected chi connectivity index (χ3v) is 4.25. The van der Waals surface area contributed by atoms with Crippen LogP contribution in [0.2, 0.25) is 0 Å². The molecular weight excluding hydrogens is 276 g/mol. The molecule has 1 amide bonds. The number of nitrogens with one attached hydrogen (secondary N) is 1. The van der Waals surface area contributed by atoms with Crippen molar-refractivity contribution in [1.82, 2.24) is 15.5 Å². The molecule has 1 aliphatic heterocycles. The van der Waals surface area contributed by atoms with Crippen molar-refractivity contribution in [3.63, 3.8) is 0 Å². The van der Waals surface area contributed by atoms with Gasteiger partial charge in [-0.2, -0.15) is 0 Å². The molecule has 0 bridgehead atoms. The minimum absolute atomic E-state index is 0.120. The molecule has 2 heterocycles. The number of carbonyl (C=O) groups excluding carboxylic acids is 1. The van der Waals surface area contributed by atoms with Crippen molar-refractivity contribution in [1.29, 1.82) is 0 Å². The molecule has 1 fully saturated rings. The van der Waals surface area contributed by atoms with E-state index in [-0.39, 0.29) is 5.91 Å². The van der Waals surface area contributed by atoms with Crippen molar-refractivity contribution in [3.8, 4) is 0 Å². The SMILES string of the molecule is O=C(NC1CC1)c1ccc(N2CCc3ccccc3C2)nn1. The fourth-order valence-electron chi connectivity index (χ4n) is 2.79. The fraction of sp³-hybridized carbons (Fsp3) is 0.353. The molecule has 2 aromatic rings. The van der Waals surface area contributed by atoms with E-state index in [9.17, 15) is 4.79 Å². The summed E-state index contributed by atoms with van der Waals surface area (Å²) in [6, 6.07) is 12.5. The normalized spacial score (nSPS) is 17.0. The molecule has 1 saturated carbocycles. The molecule has 112 valence electrons. The van der Waals surface area contributed by atoms with E-state index in [1.54, 1.807) is 6.07 Å². The first-order chi connectivity index (χ1) is 10.8. The van der Waals surface area contributed by atoms with E-state index in [1.807, 2.05) is 6.07 Å². The lowest BCUT2D eigenvalue weighted by Gasteiger charge is -2.29. The van der Waals surface area contributed by atoms with E-state index in [0.29, 0.717) is 11.7 Å². The number of hydrogen-bond acceptors (Lipinski definition) is 4. The fourth-order valence-corrected chi connectivity index (χ4v) is 2.79. The zero-order chi connectivity index (χ0) is 14.9. The lowest BCUT2D eigenvalue weighted by Crippen LogP contribution is -2.31. The second-order valence-electron chi connectivity index (χ2n) is 5.96. The number of anilines is 1. The van der Waals surface area contributed by atoms with Crippen LogP contribution in [0.5, 0.6) is 0 Å². The maximum Gasteiger partial charge on any atom is 0.272 e. The van der Waals surface area contributed by atoms with E-state index >= 15 is 0 Å². The van der Waals surface area contributed by atoms with Gasteiger partial charge in [-0.05, 0) is 42.5 Å². The largest absolute Gasteiger partial charge is 0.350 e. The number of benzene rings is 1. The van der Waals surface area contributed by atoms with Crippen LogP contribution in [0.4, 0.5) is 5.82 Å². The standard InChI is InChI=1S/C17H18N4O/c22-17(18-14-5-6-14)15-7-8-16(20-19-15)21-10-9-12-3-1-2-4-13(12)11-21/h1-4,7-8,14H,5-6,9-11H2,(H,18,22). The van der Waals surface area contributed by atoms with Gasteiger partial charge >= 0.3 is 0 Å². The van der Waals surface area contributed by atoms with Crippen molar-refractivity contribution < 1.29 is 4.79 Å². The van der Waals surface area contributed by atoms with Gasteiger partial charge in [0, 0.05) is 19.1 Å². The Hall–Kier alpha value is -2.43. The van der Waals surface area contributed by atoms with Gasteiger partial charge < -0.3 is 10.2 Å². The summed E-state index contributed by atoms with van der Waals surface area (Å²) in [5.74, 6) is 0.711. The molecule has 22 heavy (non-hydrogen) atoms. The van der Waals surface area contributed by atoms with E-state index < -0.39 is 0 Å². The van der Waals surface area contributed by atoms with Crippen molar-refractivity contribution in [2.24, 2.45) is 0 Å². The molecule has 0 radical (unpaired) electrons. The highest BCUT2D eigenvalue weighted by atomic mass is 16.2. The van der Waals surface area contributed by atoms with Crippen LogP contribution >= 0.6 is 0 Å². The van der Waals surface area contributed by atoms with Crippen LogP contribution in [0.1, 0.15) is 34.5 Å². The number of rotatable bonds is 3. The molecule has 5 nitrogen and oxygen atoms in total. The summed E-state index contributed by atoms with van der Waals surface area (Å²) in [7, 11) is 0. The predicted molar refractivity (Wildman–Crippen MR) is 83.7 cm³/mol. The topological polar surface area (TPSA) is 58.1 Å². The molecule has 2 aliphatic rings. The average molecular weight is 294 g/mol. The predicted octanol–water partition coefficient (Wildman–Crippen LogP) is 1.93. The lowest BCUT2D eigenvalue weighted by molar-refractivity contribution is 0.0945. The van der Waals surface area contributed by atoms with Crippen LogP contribution in [0.3, 0.4) is 0 Å². The van der Waals surface area contributed by atoms with Crippen LogP contribution in [-0.2, 0) is 13.0 Å². The molecule has 1 aromatic carbocycles. The third kappa shape index (κ3) is 2.66. The van der Waals surface area contributed by atoms with E-state index in [0.717, 1.165) is 38.2 Å². The van der Waals surface area contributed by atoms with E-state index in [4.69, 9.17) is 0 Å². The van der Waals surface area contributed by atoms with Crippen molar-refractivity contribution >= 4 is 11.7 Å². The summed E-state index contributed by atoms with van der Waals surface area (Å²) < 4.78 is 0. The highest BCUT2D eigenvalue weighted by Gasteiger charge is 2.24. The number of nitrogens with zero attached hydrogens (tertiary/aromatic N) is 3. The van der Waals surface area contributed by atoms with Gasteiger partial charge in [0.1, 0.15) is 0 Å². The van der Waals surface area contributed by atoms with Gasteiger partial charge in [-0.3, -0.25) is 4.79 Å². The second kappa shape index (κ2) is 5.40. The highest BCUT2D eigenvalue weighted by Crippen LogP contribution is 2.23. The molecule has 1 aliphatic carbocycles. The smallest absolute Gasteiger partial charge is 0.272 e. The first-order valence-electron chi connectivity index (χ1n) is 7.76. The number of aromatic nitrogens is 2. The van der Waals surface area contributed by atoms with Crippen LogP contribution in [-0.4, -0.2) is 28.7 Å². The number of carbonyl (C=O) groups is 1. The third-order valence-electron chi connectivity index (χ3n) is 4.25. The van der Waals surface area contributed by atoms with Gasteiger partial charge in [-0.15, -0.1) is 10.2 Å². The molecule has 0 saturated heterocycles. The Morgan fingerprint density at radius 3 is 2.64 bits per heavy atom. The van der Waals surface area contributed by atoms with Gasteiger partial charge in [-0.1, -0.05) is 24.3 Å². The van der Waals surface area contributed by atoms with Crippen LogP contribution < -0.4 is 10.2 Å². The highest BCUT2D eigenvalue weighted by molar-refractivity contribution is 5.92. The Labute approximate surface area is 129 Å². The maximum atomic E-state index is 11.9. The maximum absolute atomic E-state index is 11.9. The Bertz CT molecular complexity index is 694. The van der Waals surface area contributed by atoms with Gasteiger partial charge in [-0.25, -0.2) is 0 Å². The van der Waals surface area contributed by atoms with Crippen molar-refractivity contribution in [2.75, 3.05) is 11.4 Å². The van der Waals surface area contributed by atoms with Crippen LogP contribution in [0, 0.1) is 0 Å². The van der Waals surface area contributed by atoms with E-state index in [2.05, 4.69) is 44.7 Å². The Kier molecular flexibility index (Phi) is 3.25. The molecule has 1 N–H and O–H groups in total. The zero-order valence-corrected chi connectivity index (χ0v) is 12.3. The van der Waals surface area contributed by atoms with Crippen LogP contribution in [0.25, 0.3) is 0 Å². The molecule has 4 rings (SSSR count). The zero-order valence-electron chi connectivity index (χ0n) is 12.3. The minimum Gasteiger partial charge on any atom is -0.350 e.